The highest BCUT2D eigenvalue weighted by atomic mass is 16.5. The van der Waals surface area contributed by atoms with Crippen molar-refractivity contribution in [2.24, 2.45) is 9.98 Å². The number of benzene rings is 6. The molecule has 0 saturated heterocycles. The Hall–Kier alpha value is -6.66. The molecule has 1 N–H and O–H groups in total. The van der Waals surface area contributed by atoms with Gasteiger partial charge < -0.3 is 19.0 Å². The van der Waals surface area contributed by atoms with Crippen molar-refractivity contribution in [1.29, 1.82) is 0 Å². The number of ether oxygens (including phenoxy) is 1. The Balaban J connectivity index is 1.07. The molecule has 1 aliphatic carbocycles. The van der Waals surface area contributed by atoms with E-state index in [1.54, 1.807) is 0 Å². The number of amidine groups is 2. The van der Waals surface area contributed by atoms with Crippen LogP contribution >= 0.6 is 0 Å². The average molecular weight is 659 g/mol. The van der Waals surface area contributed by atoms with Gasteiger partial charge in [-0.15, -0.1) is 0 Å². The Morgan fingerprint density at radius 1 is 0.667 bits per heavy atom. The number of nitrogens with zero attached hydrogens (tertiary/aromatic N) is 3. The van der Waals surface area contributed by atoms with Crippen molar-refractivity contribution in [3.8, 4) is 5.75 Å². The normalized spacial score (nSPS) is 18.1. The molecule has 6 aromatic carbocycles. The van der Waals surface area contributed by atoms with Crippen LogP contribution in [0.3, 0.4) is 0 Å². The lowest BCUT2D eigenvalue weighted by Crippen LogP contribution is -2.33. The zero-order valence-corrected chi connectivity index (χ0v) is 27.5. The second kappa shape index (κ2) is 10.9. The van der Waals surface area contributed by atoms with Gasteiger partial charge in [0.05, 0.1) is 22.6 Å². The lowest BCUT2D eigenvalue weighted by atomic mass is 9.87. The number of hydrogen-bond acceptors (Lipinski definition) is 5. The van der Waals surface area contributed by atoms with Crippen molar-refractivity contribution >= 4 is 61.1 Å². The summed E-state index contributed by atoms with van der Waals surface area (Å²) in [6.07, 6.45) is 4.99. The third kappa shape index (κ3) is 4.29. The largest absolute Gasteiger partial charge is 0.459 e. The van der Waals surface area contributed by atoms with Crippen molar-refractivity contribution in [2.75, 3.05) is 0 Å². The Morgan fingerprint density at radius 2 is 1.39 bits per heavy atom. The lowest BCUT2D eigenvalue weighted by Gasteiger charge is -2.25. The van der Waals surface area contributed by atoms with Crippen LogP contribution in [0.25, 0.3) is 49.4 Å². The molecular formula is C45H30N4O2. The highest BCUT2D eigenvalue weighted by Crippen LogP contribution is 2.50. The molecule has 6 heteroatoms. The van der Waals surface area contributed by atoms with Crippen LogP contribution in [-0.2, 0) is 0 Å². The number of hydrogen-bond donors (Lipinski definition) is 1. The van der Waals surface area contributed by atoms with Crippen LogP contribution in [0.1, 0.15) is 40.8 Å². The van der Waals surface area contributed by atoms with Crippen LogP contribution in [-0.4, -0.2) is 16.2 Å². The molecule has 242 valence electrons. The molecule has 0 fully saturated rings. The fourth-order valence-electron chi connectivity index (χ4n) is 8.12. The minimum absolute atomic E-state index is 0.0226. The van der Waals surface area contributed by atoms with Gasteiger partial charge in [0.1, 0.15) is 34.7 Å². The minimum atomic E-state index is -0.326. The molecule has 51 heavy (non-hydrogen) atoms. The smallest absolute Gasteiger partial charge is 0.159 e. The van der Waals surface area contributed by atoms with Crippen LogP contribution in [0.2, 0.25) is 0 Å². The van der Waals surface area contributed by atoms with E-state index in [1.807, 2.05) is 36.4 Å². The van der Waals surface area contributed by atoms with Crippen LogP contribution in [0.15, 0.2) is 172 Å². The molecule has 0 radical (unpaired) electrons. The fourth-order valence-corrected chi connectivity index (χ4v) is 8.12. The van der Waals surface area contributed by atoms with Crippen molar-refractivity contribution < 1.29 is 9.15 Å². The predicted molar refractivity (Wildman–Crippen MR) is 205 cm³/mol. The quantitative estimate of drug-likeness (QED) is 0.205. The maximum Gasteiger partial charge on any atom is 0.159 e. The topological polar surface area (TPSA) is 64.0 Å². The van der Waals surface area contributed by atoms with E-state index in [9.17, 15) is 0 Å². The molecule has 11 rings (SSSR count). The SMILES string of the molecule is C1=CC(n2c3ccccc3c3ccccc32)=C2Oc3cccc(C4=NC(c5ccccc5)NC(c5ccc6c(c5)oc5ccccc56)=N4)c3C2C1. The van der Waals surface area contributed by atoms with Crippen molar-refractivity contribution in [3.63, 3.8) is 0 Å². The summed E-state index contributed by atoms with van der Waals surface area (Å²) in [5, 5.41) is 8.28. The second-order valence-electron chi connectivity index (χ2n) is 13.3. The number of furan rings is 1. The van der Waals surface area contributed by atoms with Gasteiger partial charge in [0.15, 0.2) is 5.84 Å². The Kier molecular flexibility index (Phi) is 6.04. The standard InChI is InChI=1S/C45H30N4O2/c1-2-12-27(13-3-1)43-46-44(28-24-25-32-31-16-6-9-22-38(31)50-40(32)26-28)48-45(47-43)34-18-11-23-39-41(34)33-17-10-21-37(42(33)51-39)49-35-19-7-4-14-29(35)30-15-5-8-20-36(30)49/h1-16,18-26,33,43H,17H2,(H,46,47,48). The number of nitrogens with one attached hydrogen (secondary N) is 1. The summed E-state index contributed by atoms with van der Waals surface area (Å²) in [5.41, 5.74) is 9.19. The van der Waals surface area contributed by atoms with Crippen molar-refractivity contribution in [1.82, 2.24) is 9.88 Å². The van der Waals surface area contributed by atoms with Gasteiger partial charge in [0.25, 0.3) is 0 Å². The van der Waals surface area contributed by atoms with Crippen LogP contribution in [0.4, 0.5) is 0 Å². The first-order valence-electron chi connectivity index (χ1n) is 17.4. The maximum absolute atomic E-state index is 6.85. The van der Waals surface area contributed by atoms with Gasteiger partial charge in [-0.1, -0.05) is 109 Å². The van der Waals surface area contributed by atoms with Crippen LogP contribution in [0, 0.1) is 0 Å². The fraction of sp³-hybridized carbons (Fsp3) is 0.0667. The molecule has 4 heterocycles. The number of aromatic nitrogens is 1. The molecule has 6 nitrogen and oxygen atoms in total. The minimum Gasteiger partial charge on any atom is -0.459 e. The molecular weight excluding hydrogens is 629 g/mol. The highest BCUT2D eigenvalue weighted by Gasteiger charge is 2.37. The van der Waals surface area contributed by atoms with Gasteiger partial charge in [-0.25, -0.2) is 9.98 Å². The second-order valence-corrected chi connectivity index (χ2v) is 13.3. The molecule has 0 saturated carbocycles. The monoisotopic (exact) mass is 658 g/mol. The molecule has 3 aliphatic rings. The summed E-state index contributed by atoms with van der Waals surface area (Å²) >= 11 is 0. The van der Waals surface area contributed by atoms with Crippen molar-refractivity contribution in [2.45, 2.75) is 18.5 Å². The number of aliphatic imine (C=N–C) groups is 2. The van der Waals surface area contributed by atoms with E-state index in [0.29, 0.717) is 5.84 Å². The Morgan fingerprint density at radius 3 is 2.22 bits per heavy atom. The van der Waals surface area contributed by atoms with Gasteiger partial charge >= 0.3 is 0 Å². The lowest BCUT2D eigenvalue weighted by molar-refractivity contribution is 0.426. The molecule has 0 spiro atoms. The van der Waals surface area contributed by atoms with E-state index in [0.717, 1.165) is 84.7 Å². The molecule has 2 aliphatic heterocycles. The van der Waals surface area contributed by atoms with Crippen molar-refractivity contribution in [3.05, 3.63) is 180 Å². The molecule has 8 aromatic rings. The number of rotatable bonds is 4. The summed E-state index contributed by atoms with van der Waals surface area (Å²) in [6.45, 7) is 0. The molecule has 2 aromatic heterocycles. The predicted octanol–water partition coefficient (Wildman–Crippen LogP) is 10.5. The summed E-state index contributed by atoms with van der Waals surface area (Å²) in [5.74, 6) is 3.26. The first-order valence-corrected chi connectivity index (χ1v) is 17.4. The Bertz CT molecular complexity index is 2800. The highest BCUT2D eigenvalue weighted by molar-refractivity contribution is 6.16. The van der Waals surface area contributed by atoms with Crippen LogP contribution < -0.4 is 10.1 Å². The number of fused-ring (bicyclic) bond motifs is 9. The molecule has 2 unspecified atom stereocenters. The first-order chi connectivity index (χ1) is 25.3. The van der Waals surface area contributed by atoms with E-state index >= 15 is 0 Å². The zero-order valence-electron chi connectivity index (χ0n) is 27.5. The summed E-state index contributed by atoms with van der Waals surface area (Å²) in [6, 6.07) is 48.3. The molecule has 0 bridgehead atoms. The zero-order chi connectivity index (χ0) is 33.5. The number of para-hydroxylation sites is 3. The summed E-state index contributed by atoms with van der Waals surface area (Å²) in [4.78, 5) is 10.5. The van der Waals surface area contributed by atoms with E-state index < -0.39 is 0 Å². The van der Waals surface area contributed by atoms with E-state index in [2.05, 4.69) is 125 Å². The van der Waals surface area contributed by atoms with E-state index in [-0.39, 0.29) is 12.1 Å². The van der Waals surface area contributed by atoms with E-state index in [4.69, 9.17) is 19.1 Å². The molecule has 2 atom stereocenters. The third-order valence-electron chi connectivity index (χ3n) is 10.4. The molecule has 0 amide bonds. The third-order valence-corrected chi connectivity index (χ3v) is 10.4. The van der Waals surface area contributed by atoms with Gasteiger partial charge in [-0.3, -0.25) is 0 Å². The summed E-state index contributed by atoms with van der Waals surface area (Å²) in [7, 11) is 0. The van der Waals surface area contributed by atoms with Gasteiger partial charge in [0, 0.05) is 38.2 Å². The first kappa shape index (κ1) is 28.2. The average Bonchev–Trinajstić information content (AvgIpc) is 3.87. The summed E-state index contributed by atoms with van der Waals surface area (Å²) < 4.78 is 15.5. The van der Waals surface area contributed by atoms with Gasteiger partial charge in [0.2, 0.25) is 0 Å². The van der Waals surface area contributed by atoms with Crippen LogP contribution in [0.5, 0.6) is 5.75 Å². The van der Waals surface area contributed by atoms with E-state index in [1.165, 1.54) is 10.8 Å². The number of allylic oxidation sites excluding steroid dienone is 4. The maximum atomic E-state index is 6.85. The van der Waals surface area contributed by atoms with Gasteiger partial charge in [-0.2, -0.15) is 0 Å². The van der Waals surface area contributed by atoms with Gasteiger partial charge in [-0.05, 0) is 54.5 Å². The Labute approximate surface area is 293 Å².